The summed E-state index contributed by atoms with van der Waals surface area (Å²) in [7, 11) is 0. The van der Waals surface area contributed by atoms with Crippen molar-refractivity contribution in [1.29, 1.82) is 0 Å². The third-order valence-corrected chi connectivity index (χ3v) is 3.04. The van der Waals surface area contributed by atoms with E-state index in [0.717, 1.165) is 16.7 Å². The molecule has 0 aliphatic carbocycles. The van der Waals surface area contributed by atoms with E-state index in [1.807, 2.05) is 54.6 Å². The fourth-order valence-electron chi connectivity index (χ4n) is 1.72. The maximum atomic E-state index is 10.9. The molecule has 3 N–H and O–H groups in total. The smallest absolute Gasteiger partial charge is 0.277 e. The third kappa shape index (κ3) is 3.44. The first kappa shape index (κ1) is 14.2. The molecule has 2 rings (SSSR count). The maximum Gasteiger partial charge on any atom is 0.277 e. The maximum absolute atomic E-state index is 10.9. The Morgan fingerprint density at radius 1 is 1.10 bits per heavy atom. The Balaban J connectivity index is 2.04. The van der Waals surface area contributed by atoms with Crippen LogP contribution in [0, 0.1) is 0 Å². The fraction of sp³-hybridized carbons (Fsp3) is 0.188. The highest BCUT2D eigenvalue weighted by Crippen LogP contribution is 2.20. The Hall–Kier alpha value is -2.17. The molecule has 4 heteroatoms. The number of carbonyl (C=O) groups is 1. The molecule has 0 radical (unpaired) electrons. The van der Waals surface area contributed by atoms with Crippen molar-refractivity contribution in [3.05, 3.63) is 60.2 Å². The molecule has 0 saturated carbocycles. The summed E-state index contributed by atoms with van der Waals surface area (Å²) in [5, 5.41) is 9.59. The van der Waals surface area contributed by atoms with Gasteiger partial charge in [-0.25, -0.2) is 0 Å². The van der Waals surface area contributed by atoms with Crippen LogP contribution < -0.4 is 5.73 Å². The molecule has 0 saturated heterocycles. The van der Waals surface area contributed by atoms with Crippen LogP contribution >= 0.6 is 0 Å². The molecule has 1 amide bonds. The van der Waals surface area contributed by atoms with Crippen LogP contribution in [0.15, 0.2) is 54.6 Å². The van der Waals surface area contributed by atoms with Crippen LogP contribution in [0.4, 0.5) is 0 Å². The summed E-state index contributed by atoms with van der Waals surface area (Å²) >= 11 is 0. The largest absolute Gasteiger partial charge is 0.365 e. The molecular formula is C16H17NO3. The van der Waals surface area contributed by atoms with E-state index in [0.29, 0.717) is 0 Å². The van der Waals surface area contributed by atoms with E-state index in [1.165, 1.54) is 6.92 Å². The molecule has 2 aromatic rings. The highest BCUT2D eigenvalue weighted by Gasteiger charge is 2.28. The standard InChI is InChI=1S/C16H17NO3/c1-16(19,15(17)18)20-11-12-7-9-14(10-8-12)13-5-3-2-4-6-13/h2-10,19H,11H2,1H3,(H2,17,18). The van der Waals surface area contributed by atoms with Crippen molar-refractivity contribution >= 4 is 5.91 Å². The van der Waals surface area contributed by atoms with E-state index in [-0.39, 0.29) is 6.61 Å². The molecule has 0 heterocycles. The lowest BCUT2D eigenvalue weighted by atomic mass is 10.0. The minimum absolute atomic E-state index is 0.116. The summed E-state index contributed by atoms with van der Waals surface area (Å²) in [5.74, 6) is -2.85. The van der Waals surface area contributed by atoms with Crippen LogP contribution in [0.2, 0.25) is 0 Å². The minimum Gasteiger partial charge on any atom is -0.365 e. The molecule has 0 spiro atoms. The lowest BCUT2D eigenvalue weighted by Crippen LogP contribution is -2.43. The average Bonchev–Trinajstić information content (AvgIpc) is 2.46. The van der Waals surface area contributed by atoms with E-state index >= 15 is 0 Å². The monoisotopic (exact) mass is 271 g/mol. The van der Waals surface area contributed by atoms with E-state index in [2.05, 4.69) is 0 Å². The van der Waals surface area contributed by atoms with Crippen molar-refractivity contribution in [1.82, 2.24) is 0 Å². The van der Waals surface area contributed by atoms with Crippen molar-refractivity contribution in [2.45, 2.75) is 19.3 Å². The van der Waals surface area contributed by atoms with Gasteiger partial charge in [0.25, 0.3) is 5.91 Å². The summed E-state index contributed by atoms with van der Waals surface area (Å²) in [6.07, 6.45) is 0. The second kappa shape index (κ2) is 5.86. The van der Waals surface area contributed by atoms with Gasteiger partial charge in [0.05, 0.1) is 6.61 Å². The SMILES string of the molecule is CC(O)(OCc1ccc(-c2ccccc2)cc1)C(N)=O. The zero-order valence-electron chi connectivity index (χ0n) is 11.2. The van der Waals surface area contributed by atoms with Gasteiger partial charge >= 0.3 is 0 Å². The summed E-state index contributed by atoms with van der Waals surface area (Å²) < 4.78 is 5.10. The van der Waals surface area contributed by atoms with Gasteiger partial charge in [-0.1, -0.05) is 54.6 Å². The number of carbonyl (C=O) groups excluding carboxylic acids is 1. The van der Waals surface area contributed by atoms with Crippen LogP contribution in [-0.2, 0) is 16.1 Å². The fourth-order valence-corrected chi connectivity index (χ4v) is 1.72. The Morgan fingerprint density at radius 3 is 2.20 bits per heavy atom. The van der Waals surface area contributed by atoms with Crippen LogP contribution in [-0.4, -0.2) is 16.8 Å². The summed E-state index contributed by atoms with van der Waals surface area (Å²) in [5.41, 5.74) is 8.10. The third-order valence-electron chi connectivity index (χ3n) is 3.04. The number of ether oxygens (including phenoxy) is 1. The Labute approximate surface area is 117 Å². The van der Waals surface area contributed by atoms with Gasteiger partial charge < -0.3 is 15.6 Å². The Bertz CT molecular complexity index is 576. The van der Waals surface area contributed by atoms with E-state index < -0.39 is 11.7 Å². The van der Waals surface area contributed by atoms with Crippen LogP contribution in [0.5, 0.6) is 0 Å². The molecular weight excluding hydrogens is 254 g/mol. The molecule has 0 aliphatic heterocycles. The zero-order chi connectivity index (χ0) is 14.6. The van der Waals surface area contributed by atoms with E-state index in [4.69, 9.17) is 10.5 Å². The first-order valence-electron chi connectivity index (χ1n) is 6.29. The predicted molar refractivity (Wildman–Crippen MR) is 76.5 cm³/mol. The lowest BCUT2D eigenvalue weighted by Gasteiger charge is -2.19. The van der Waals surface area contributed by atoms with Crippen molar-refractivity contribution < 1.29 is 14.6 Å². The Morgan fingerprint density at radius 2 is 1.65 bits per heavy atom. The van der Waals surface area contributed by atoms with Gasteiger partial charge in [-0.3, -0.25) is 4.79 Å². The van der Waals surface area contributed by atoms with Gasteiger partial charge in [0.1, 0.15) is 0 Å². The number of benzene rings is 2. The number of aliphatic hydroxyl groups is 1. The van der Waals surface area contributed by atoms with Crippen molar-refractivity contribution in [3.63, 3.8) is 0 Å². The molecule has 1 atom stereocenters. The predicted octanol–water partition coefficient (Wildman–Crippen LogP) is 2.06. The molecule has 0 bridgehead atoms. The molecule has 4 nitrogen and oxygen atoms in total. The zero-order valence-corrected chi connectivity index (χ0v) is 11.2. The lowest BCUT2D eigenvalue weighted by molar-refractivity contribution is -0.200. The minimum atomic E-state index is -1.95. The first-order chi connectivity index (χ1) is 9.49. The van der Waals surface area contributed by atoms with Gasteiger partial charge in [-0.15, -0.1) is 0 Å². The number of amides is 1. The average molecular weight is 271 g/mol. The van der Waals surface area contributed by atoms with Gasteiger partial charge in [-0.2, -0.15) is 0 Å². The highest BCUT2D eigenvalue weighted by molar-refractivity contribution is 5.80. The van der Waals surface area contributed by atoms with Crippen LogP contribution in [0.3, 0.4) is 0 Å². The molecule has 1 unspecified atom stereocenters. The molecule has 0 aromatic heterocycles. The first-order valence-corrected chi connectivity index (χ1v) is 6.29. The number of nitrogens with two attached hydrogens (primary N) is 1. The van der Waals surface area contributed by atoms with Gasteiger partial charge in [0.2, 0.25) is 5.79 Å². The summed E-state index contributed by atoms with van der Waals surface area (Å²) in [6, 6.07) is 17.7. The van der Waals surface area contributed by atoms with Crippen LogP contribution in [0.1, 0.15) is 12.5 Å². The Kier molecular flexibility index (Phi) is 4.17. The number of rotatable bonds is 5. The number of hydrogen-bond acceptors (Lipinski definition) is 3. The molecule has 0 fully saturated rings. The number of hydrogen-bond donors (Lipinski definition) is 2. The molecule has 2 aromatic carbocycles. The second-order valence-electron chi connectivity index (χ2n) is 4.70. The number of primary amides is 1. The van der Waals surface area contributed by atoms with E-state index in [1.54, 1.807) is 0 Å². The van der Waals surface area contributed by atoms with Crippen molar-refractivity contribution in [3.8, 4) is 11.1 Å². The second-order valence-corrected chi connectivity index (χ2v) is 4.70. The van der Waals surface area contributed by atoms with Gasteiger partial charge in [0, 0.05) is 0 Å². The molecule has 20 heavy (non-hydrogen) atoms. The van der Waals surface area contributed by atoms with Crippen LogP contribution in [0.25, 0.3) is 11.1 Å². The summed E-state index contributed by atoms with van der Waals surface area (Å²) in [4.78, 5) is 10.9. The topological polar surface area (TPSA) is 72.6 Å². The normalized spacial score (nSPS) is 13.7. The quantitative estimate of drug-likeness (QED) is 0.818. The molecule has 0 aliphatic rings. The van der Waals surface area contributed by atoms with Crippen molar-refractivity contribution in [2.75, 3.05) is 0 Å². The highest BCUT2D eigenvalue weighted by atomic mass is 16.6. The summed E-state index contributed by atoms with van der Waals surface area (Å²) in [6.45, 7) is 1.35. The van der Waals surface area contributed by atoms with E-state index in [9.17, 15) is 9.90 Å². The van der Waals surface area contributed by atoms with Gasteiger partial charge in [-0.05, 0) is 23.6 Å². The van der Waals surface area contributed by atoms with Crippen molar-refractivity contribution in [2.24, 2.45) is 5.73 Å². The molecule has 104 valence electrons. The van der Waals surface area contributed by atoms with Gasteiger partial charge in [0.15, 0.2) is 0 Å².